The van der Waals surface area contributed by atoms with Crippen molar-refractivity contribution in [1.29, 1.82) is 0 Å². The minimum Gasteiger partial charge on any atom is -0.369 e. The summed E-state index contributed by atoms with van der Waals surface area (Å²) in [5.41, 5.74) is 7.24. The van der Waals surface area contributed by atoms with Gasteiger partial charge in [-0.25, -0.2) is 4.98 Å². The summed E-state index contributed by atoms with van der Waals surface area (Å²) >= 11 is 0. The van der Waals surface area contributed by atoms with Gasteiger partial charge in [0.25, 0.3) is 0 Å². The molecule has 0 bridgehead atoms. The van der Waals surface area contributed by atoms with Gasteiger partial charge in [0.15, 0.2) is 5.95 Å². The van der Waals surface area contributed by atoms with E-state index in [4.69, 9.17) is 5.73 Å². The third kappa shape index (κ3) is 0.914. The van der Waals surface area contributed by atoms with Gasteiger partial charge in [-0.05, 0) is 23.4 Å². The average molecular weight is 162 g/mol. The first kappa shape index (κ1) is 6.78. The fourth-order valence-corrected chi connectivity index (χ4v) is 1.07. The molecule has 0 saturated carbocycles. The van der Waals surface area contributed by atoms with Gasteiger partial charge in [0.05, 0.1) is 11.0 Å². The van der Waals surface area contributed by atoms with Crippen LogP contribution in [0.25, 0.3) is 11.0 Å². The van der Waals surface area contributed by atoms with E-state index in [1.54, 1.807) is 18.2 Å². The molecule has 0 fully saturated rings. The minimum atomic E-state index is 0.341. The van der Waals surface area contributed by atoms with Crippen molar-refractivity contribution in [2.75, 3.05) is 5.73 Å². The average Bonchev–Trinajstić information content (AvgIpc) is 2.43. The van der Waals surface area contributed by atoms with Crippen LogP contribution >= 0.6 is 0 Å². The molecule has 1 heterocycles. The summed E-state index contributed by atoms with van der Waals surface area (Å²) in [5.74, 6) is 0.341. The van der Waals surface area contributed by atoms with Crippen molar-refractivity contribution < 1.29 is 0 Å². The van der Waals surface area contributed by atoms with Crippen LogP contribution in [0.4, 0.5) is 11.6 Å². The highest BCUT2D eigenvalue weighted by molar-refractivity contribution is 5.80. The zero-order chi connectivity index (χ0) is 8.55. The predicted octanol–water partition coefficient (Wildman–Crippen LogP) is 1.54. The second-order valence-corrected chi connectivity index (χ2v) is 2.41. The number of H-pyrrole nitrogens is 1. The van der Waals surface area contributed by atoms with Crippen molar-refractivity contribution in [3.8, 4) is 0 Å². The summed E-state index contributed by atoms with van der Waals surface area (Å²) in [6.07, 6.45) is 0. The Morgan fingerprint density at radius 2 is 2.33 bits per heavy atom. The third-order valence-corrected chi connectivity index (χ3v) is 1.59. The Hall–Kier alpha value is -1.91. The highest BCUT2D eigenvalue weighted by atomic mass is 16.3. The molecule has 0 unspecified atom stereocenters. The van der Waals surface area contributed by atoms with Gasteiger partial charge in [-0.15, -0.1) is 4.91 Å². The van der Waals surface area contributed by atoms with E-state index in [2.05, 4.69) is 15.1 Å². The lowest BCUT2D eigenvalue weighted by molar-refractivity contribution is 1.35. The smallest absolute Gasteiger partial charge is 0.198 e. The molecule has 1 aromatic carbocycles. The maximum Gasteiger partial charge on any atom is 0.198 e. The molecular weight excluding hydrogens is 156 g/mol. The second-order valence-electron chi connectivity index (χ2n) is 2.41. The van der Waals surface area contributed by atoms with Crippen LogP contribution in [0.3, 0.4) is 0 Å². The summed E-state index contributed by atoms with van der Waals surface area (Å²) in [4.78, 5) is 16.9. The normalized spacial score (nSPS) is 10.3. The number of rotatable bonds is 1. The molecule has 5 heteroatoms. The molecule has 0 saturated heterocycles. The van der Waals surface area contributed by atoms with E-state index in [0.717, 1.165) is 11.0 Å². The Bertz CT molecular complexity index is 434. The van der Waals surface area contributed by atoms with E-state index >= 15 is 0 Å². The van der Waals surface area contributed by atoms with E-state index in [1.807, 2.05) is 0 Å². The quantitative estimate of drug-likeness (QED) is 0.624. The predicted molar refractivity (Wildman–Crippen MR) is 46.0 cm³/mol. The molecule has 0 aliphatic rings. The Morgan fingerprint density at radius 3 is 3.08 bits per heavy atom. The zero-order valence-corrected chi connectivity index (χ0v) is 6.11. The Labute approximate surface area is 67.6 Å². The number of nitrogens with two attached hydrogens (primary N) is 1. The molecule has 0 amide bonds. The first-order valence-electron chi connectivity index (χ1n) is 3.38. The van der Waals surface area contributed by atoms with Crippen molar-refractivity contribution in [3.05, 3.63) is 23.1 Å². The summed E-state index contributed by atoms with van der Waals surface area (Å²) in [6.45, 7) is 0. The van der Waals surface area contributed by atoms with E-state index in [1.165, 1.54) is 0 Å². The number of nitrogens with one attached hydrogen (secondary N) is 1. The molecule has 5 nitrogen and oxygen atoms in total. The molecule has 0 aliphatic carbocycles. The number of hydrogen-bond acceptors (Lipinski definition) is 4. The maximum atomic E-state index is 10.1. The van der Waals surface area contributed by atoms with Gasteiger partial charge in [0, 0.05) is 0 Å². The van der Waals surface area contributed by atoms with E-state index < -0.39 is 0 Å². The maximum absolute atomic E-state index is 10.1. The zero-order valence-electron chi connectivity index (χ0n) is 6.11. The number of fused-ring (bicyclic) bond motifs is 1. The number of nitrogens with zero attached hydrogens (tertiary/aromatic N) is 2. The Kier molecular flexibility index (Phi) is 1.30. The molecule has 0 atom stereocenters. The molecule has 60 valence electrons. The fraction of sp³-hybridized carbons (Fsp3) is 0. The van der Waals surface area contributed by atoms with Gasteiger partial charge in [0.2, 0.25) is 0 Å². The number of benzene rings is 1. The summed E-state index contributed by atoms with van der Waals surface area (Å²) in [7, 11) is 0. The van der Waals surface area contributed by atoms with Crippen molar-refractivity contribution in [2.45, 2.75) is 0 Å². The van der Waals surface area contributed by atoms with Gasteiger partial charge < -0.3 is 10.7 Å². The molecule has 0 radical (unpaired) electrons. The lowest BCUT2D eigenvalue weighted by atomic mass is 10.3. The highest BCUT2D eigenvalue weighted by Gasteiger charge is 2.00. The molecule has 2 rings (SSSR count). The fourth-order valence-electron chi connectivity index (χ4n) is 1.07. The number of hydrogen-bond donors (Lipinski definition) is 2. The van der Waals surface area contributed by atoms with E-state index in [9.17, 15) is 4.91 Å². The number of aromatic amines is 1. The molecule has 0 aliphatic heterocycles. The summed E-state index contributed by atoms with van der Waals surface area (Å²) < 4.78 is 0. The lowest BCUT2D eigenvalue weighted by Gasteiger charge is -1.87. The standard InChI is InChI=1S/C7H6N4O/c8-7-9-5-2-1-4(11-12)3-6(5)10-7/h1-3H,(H3,8,9,10). The van der Waals surface area contributed by atoms with Crippen molar-refractivity contribution in [2.24, 2.45) is 5.18 Å². The monoisotopic (exact) mass is 162 g/mol. The van der Waals surface area contributed by atoms with E-state index in [0.29, 0.717) is 11.6 Å². The van der Waals surface area contributed by atoms with Gasteiger partial charge in [-0.1, -0.05) is 0 Å². The van der Waals surface area contributed by atoms with Crippen LogP contribution in [-0.4, -0.2) is 9.97 Å². The largest absolute Gasteiger partial charge is 0.369 e. The van der Waals surface area contributed by atoms with Crippen LogP contribution in [0.15, 0.2) is 23.4 Å². The highest BCUT2D eigenvalue weighted by Crippen LogP contribution is 2.19. The molecule has 2 aromatic rings. The Balaban J connectivity index is 2.74. The van der Waals surface area contributed by atoms with Crippen molar-refractivity contribution in [1.82, 2.24) is 9.97 Å². The first-order chi connectivity index (χ1) is 5.79. The van der Waals surface area contributed by atoms with Crippen LogP contribution in [0, 0.1) is 4.91 Å². The van der Waals surface area contributed by atoms with Crippen LogP contribution in [0.1, 0.15) is 0 Å². The van der Waals surface area contributed by atoms with Crippen LogP contribution < -0.4 is 5.73 Å². The summed E-state index contributed by atoms with van der Waals surface area (Å²) in [6, 6.07) is 4.89. The van der Waals surface area contributed by atoms with Gasteiger partial charge in [0.1, 0.15) is 5.69 Å². The SMILES string of the molecule is Nc1nc2ccc(N=O)cc2[nH]1. The number of anilines is 1. The number of nitroso groups, excluding NO2 is 1. The topological polar surface area (TPSA) is 84.1 Å². The van der Waals surface area contributed by atoms with Crippen LogP contribution in [-0.2, 0) is 0 Å². The minimum absolute atomic E-state index is 0.341. The van der Waals surface area contributed by atoms with Crippen LogP contribution in [0.5, 0.6) is 0 Å². The van der Waals surface area contributed by atoms with Gasteiger partial charge >= 0.3 is 0 Å². The number of nitrogen functional groups attached to an aromatic ring is 1. The number of aromatic nitrogens is 2. The van der Waals surface area contributed by atoms with Gasteiger partial charge in [-0.3, -0.25) is 0 Å². The van der Waals surface area contributed by atoms with Gasteiger partial charge in [-0.2, -0.15) is 0 Å². The molecule has 0 spiro atoms. The molecule has 1 aromatic heterocycles. The first-order valence-corrected chi connectivity index (χ1v) is 3.38. The van der Waals surface area contributed by atoms with E-state index in [-0.39, 0.29) is 0 Å². The van der Waals surface area contributed by atoms with Crippen molar-refractivity contribution in [3.63, 3.8) is 0 Å². The second kappa shape index (κ2) is 2.30. The molecule has 3 N–H and O–H groups in total. The summed E-state index contributed by atoms with van der Waals surface area (Å²) in [5, 5.41) is 2.79. The third-order valence-electron chi connectivity index (χ3n) is 1.59. The molecular formula is C7H6N4O. The van der Waals surface area contributed by atoms with Crippen molar-refractivity contribution >= 4 is 22.7 Å². The Morgan fingerprint density at radius 1 is 1.50 bits per heavy atom. The molecule has 12 heavy (non-hydrogen) atoms. The lowest BCUT2D eigenvalue weighted by Crippen LogP contribution is -1.84. The number of imidazole rings is 1. The van der Waals surface area contributed by atoms with Crippen LogP contribution in [0.2, 0.25) is 0 Å².